The largest absolute Gasteiger partial charge is 0.466 e. The van der Waals surface area contributed by atoms with Crippen molar-refractivity contribution in [3.8, 4) is 0 Å². The maximum absolute atomic E-state index is 10.5. The van der Waals surface area contributed by atoms with E-state index in [0.29, 0.717) is 12.5 Å². The summed E-state index contributed by atoms with van der Waals surface area (Å²) in [6, 6.07) is 0. The predicted molar refractivity (Wildman–Crippen MR) is 49.8 cm³/mol. The van der Waals surface area contributed by atoms with Crippen molar-refractivity contribution in [2.45, 2.75) is 33.1 Å². The first-order valence-electron chi connectivity index (χ1n) is 4.45. The smallest absolute Gasteiger partial charge is 0.302 e. The molecule has 0 radical (unpaired) electrons. The highest BCUT2D eigenvalue weighted by atomic mass is 16.5. The van der Waals surface area contributed by atoms with Crippen molar-refractivity contribution in [1.82, 2.24) is 0 Å². The summed E-state index contributed by atoms with van der Waals surface area (Å²) in [7, 11) is 0. The molecule has 2 nitrogen and oxygen atoms in total. The number of hydrogen-bond donors (Lipinski definition) is 0. The van der Waals surface area contributed by atoms with Crippen molar-refractivity contribution >= 4 is 5.97 Å². The molecule has 0 aromatic heterocycles. The lowest BCUT2D eigenvalue weighted by Gasteiger charge is -2.12. The molecule has 0 aliphatic rings. The van der Waals surface area contributed by atoms with Crippen LogP contribution in [0.4, 0.5) is 0 Å². The van der Waals surface area contributed by atoms with Crippen molar-refractivity contribution in [1.29, 1.82) is 0 Å². The molecular weight excluding hydrogens is 152 g/mol. The summed E-state index contributed by atoms with van der Waals surface area (Å²) in [5.74, 6) is 0.305. The van der Waals surface area contributed by atoms with Crippen LogP contribution in [0.3, 0.4) is 0 Å². The van der Waals surface area contributed by atoms with E-state index in [2.05, 4.69) is 13.5 Å². The Balaban J connectivity index is 3.52. The third kappa shape index (κ3) is 5.96. The zero-order valence-electron chi connectivity index (χ0n) is 8.01. The van der Waals surface area contributed by atoms with Gasteiger partial charge in [0.05, 0.1) is 6.61 Å². The number of allylic oxidation sites excluding steroid dienone is 1. The second-order valence-electron chi connectivity index (χ2n) is 2.94. The molecule has 0 aliphatic heterocycles. The van der Waals surface area contributed by atoms with Crippen molar-refractivity contribution < 1.29 is 9.53 Å². The van der Waals surface area contributed by atoms with E-state index >= 15 is 0 Å². The topological polar surface area (TPSA) is 26.3 Å². The van der Waals surface area contributed by atoms with Crippen molar-refractivity contribution in [3.63, 3.8) is 0 Å². The van der Waals surface area contributed by atoms with Gasteiger partial charge in [0.15, 0.2) is 0 Å². The van der Waals surface area contributed by atoms with E-state index in [1.54, 1.807) is 0 Å². The van der Waals surface area contributed by atoms with Gasteiger partial charge in [0.1, 0.15) is 0 Å². The van der Waals surface area contributed by atoms with Crippen LogP contribution in [0.1, 0.15) is 33.1 Å². The maximum atomic E-state index is 10.5. The van der Waals surface area contributed by atoms with E-state index in [1.165, 1.54) is 6.92 Å². The average molecular weight is 170 g/mol. The first kappa shape index (κ1) is 11.2. The number of carbonyl (C=O) groups is 1. The van der Waals surface area contributed by atoms with Gasteiger partial charge in [0.2, 0.25) is 0 Å². The van der Waals surface area contributed by atoms with Crippen LogP contribution >= 0.6 is 0 Å². The molecule has 0 rings (SSSR count). The Morgan fingerprint density at radius 2 is 2.33 bits per heavy atom. The molecule has 0 saturated carbocycles. The molecule has 1 atom stereocenters. The van der Waals surface area contributed by atoms with Gasteiger partial charge >= 0.3 is 5.97 Å². The van der Waals surface area contributed by atoms with E-state index in [1.807, 2.05) is 6.08 Å². The summed E-state index contributed by atoms with van der Waals surface area (Å²) < 4.78 is 4.92. The van der Waals surface area contributed by atoms with Crippen LogP contribution in [-0.2, 0) is 9.53 Å². The van der Waals surface area contributed by atoms with E-state index in [4.69, 9.17) is 4.74 Å². The Kier molecular flexibility index (Phi) is 6.44. The van der Waals surface area contributed by atoms with E-state index in [9.17, 15) is 4.79 Å². The highest BCUT2D eigenvalue weighted by Gasteiger charge is 2.06. The van der Waals surface area contributed by atoms with Gasteiger partial charge in [-0.2, -0.15) is 0 Å². The third-order valence-corrected chi connectivity index (χ3v) is 1.88. The van der Waals surface area contributed by atoms with Crippen molar-refractivity contribution in [2.24, 2.45) is 5.92 Å². The number of hydrogen-bond acceptors (Lipinski definition) is 2. The molecule has 0 saturated heterocycles. The molecule has 0 N–H and O–H groups in total. The lowest BCUT2D eigenvalue weighted by atomic mass is 10.0. The third-order valence-electron chi connectivity index (χ3n) is 1.88. The lowest BCUT2D eigenvalue weighted by Crippen LogP contribution is -2.11. The van der Waals surface area contributed by atoms with Crippen LogP contribution in [0.5, 0.6) is 0 Å². The Hall–Kier alpha value is -0.790. The van der Waals surface area contributed by atoms with Gasteiger partial charge in [-0.3, -0.25) is 4.79 Å². The fourth-order valence-corrected chi connectivity index (χ4v) is 0.994. The molecule has 0 aliphatic carbocycles. The molecule has 0 fully saturated rings. The van der Waals surface area contributed by atoms with Crippen LogP contribution < -0.4 is 0 Å². The number of carbonyl (C=O) groups excluding carboxylic acids is 1. The monoisotopic (exact) mass is 170 g/mol. The van der Waals surface area contributed by atoms with Crippen LogP contribution in [0.25, 0.3) is 0 Å². The SMILES string of the molecule is C=CCC[C@H](CC)COC(C)=O. The molecule has 2 heteroatoms. The summed E-state index contributed by atoms with van der Waals surface area (Å²) in [5, 5.41) is 0. The Labute approximate surface area is 74.6 Å². The zero-order chi connectivity index (χ0) is 9.40. The van der Waals surface area contributed by atoms with E-state index < -0.39 is 0 Å². The minimum atomic E-state index is -0.188. The second-order valence-corrected chi connectivity index (χ2v) is 2.94. The Morgan fingerprint density at radius 3 is 2.75 bits per heavy atom. The normalized spacial score (nSPS) is 12.2. The Morgan fingerprint density at radius 1 is 1.67 bits per heavy atom. The summed E-state index contributed by atoms with van der Waals surface area (Å²) >= 11 is 0. The van der Waals surface area contributed by atoms with Crippen LogP contribution in [-0.4, -0.2) is 12.6 Å². The second kappa shape index (κ2) is 6.89. The molecule has 0 spiro atoms. The Bertz CT molecular complexity index is 141. The molecule has 0 bridgehead atoms. The van der Waals surface area contributed by atoms with Gasteiger partial charge in [-0.05, 0) is 18.8 Å². The molecule has 0 amide bonds. The molecule has 12 heavy (non-hydrogen) atoms. The zero-order valence-corrected chi connectivity index (χ0v) is 8.01. The minimum absolute atomic E-state index is 0.188. The number of esters is 1. The molecular formula is C10H18O2. The lowest BCUT2D eigenvalue weighted by molar-refractivity contribution is -0.142. The molecule has 0 aromatic carbocycles. The number of rotatable bonds is 6. The highest BCUT2D eigenvalue weighted by molar-refractivity contribution is 5.65. The summed E-state index contributed by atoms with van der Waals surface area (Å²) in [6.07, 6.45) is 5.02. The van der Waals surface area contributed by atoms with Gasteiger partial charge in [-0.25, -0.2) is 0 Å². The fourth-order valence-electron chi connectivity index (χ4n) is 0.994. The van der Waals surface area contributed by atoms with E-state index in [-0.39, 0.29) is 5.97 Å². The first-order valence-corrected chi connectivity index (χ1v) is 4.45. The highest BCUT2D eigenvalue weighted by Crippen LogP contribution is 2.11. The minimum Gasteiger partial charge on any atom is -0.466 e. The van der Waals surface area contributed by atoms with Gasteiger partial charge in [0.25, 0.3) is 0 Å². The van der Waals surface area contributed by atoms with Gasteiger partial charge in [-0.15, -0.1) is 6.58 Å². The maximum Gasteiger partial charge on any atom is 0.302 e. The molecule has 0 heterocycles. The van der Waals surface area contributed by atoms with Crippen LogP contribution in [0, 0.1) is 5.92 Å². The molecule has 70 valence electrons. The van der Waals surface area contributed by atoms with Crippen molar-refractivity contribution in [3.05, 3.63) is 12.7 Å². The average Bonchev–Trinajstić information content (AvgIpc) is 2.05. The van der Waals surface area contributed by atoms with Crippen LogP contribution in [0.15, 0.2) is 12.7 Å². The van der Waals surface area contributed by atoms with Crippen LogP contribution in [0.2, 0.25) is 0 Å². The van der Waals surface area contributed by atoms with Crippen molar-refractivity contribution in [2.75, 3.05) is 6.61 Å². The molecule has 0 aromatic rings. The van der Waals surface area contributed by atoms with Gasteiger partial charge < -0.3 is 4.74 Å². The first-order chi connectivity index (χ1) is 5.70. The summed E-state index contributed by atoms with van der Waals surface area (Å²) in [5.41, 5.74) is 0. The predicted octanol–water partition coefficient (Wildman–Crippen LogP) is 2.54. The summed E-state index contributed by atoms with van der Waals surface area (Å²) in [6.45, 7) is 7.76. The van der Waals surface area contributed by atoms with Gasteiger partial charge in [-0.1, -0.05) is 19.4 Å². The van der Waals surface area contributed by atoms with E-state index in [0.717, 1.165) is 19.3 Å². The quantitative estimate of drug-likeness (QED) is 0.452. The van der Waals surface area contributed by atoms with Gasteiger partial charge in [0, 0.05) is 6.92 Å². The number of ether oxygens (including phenoxy) is 1. The standard InChI is InChI=1S/C10H18O2/c1-4-6-7-10(5-2)8-12-9(3)11/h4,10H,1,5-8H2,2-3H3/t10-/m0/s1. The molecule has 0 unspecified atom stereocenters. The summed E-state index contributed by atoms with van der Waals surface area (Å²) in [4.78, 5) is 10.5. The fraction of sp³-hybridized carbons (Fsp3) is 0.700.